The zero-order valence-electron chi connectivity index (χ0n) is 28.8. The summed E-state index contributed by atoms with van der Waals surface area (Å²) in [5.74, 6) is 0.0818. The van der Waals surface area contributed by atoms with Gasteiger partial charge >= 0.3 is 0 Å². The Labute approximate surface area is 267 Å². The van der Waals surface area contributed by atoms with Crippen LogP contribution in [0.1, 0.15) is 94.9 Å². The molecule has 2 saturated heterocycles. The molecule has 44 heavy (non-hydrogen) atoms. The monoisotopic (exact) mass is 600 g/mol. The zero-order chi connectivity index (χ0) is 33.0. The normalized spacial score (nSPS) is 34.7. The van der Waals surface area contributed by atoms with Crippen molar-refractivity contribution in [3.05, 3.63) is 107 Å². The van der Waals surface area contributed by atoms with E-state index >= 15 is 0 Å². The van der Waals surface area contributed by atoms with Crippen LogP contribution in [0.4, 0.5) is 0 Å². The van der Waals surface area contributed by atoms with Gasteiger partial charge in [0.2, 0.25) is 0 Å². The van der Waals surface area contributed by atoms with E-state index in [2.05, 4.69) is 84.9 Å². The van der Waals surface area contributed by atoms with Gasteiger partial charge in [0.25, 0.3) is 0 Å². The van der Waals surface area contributed by atoms with Crippen LogP contribution in [0.3, 0.4) is 0 Å². The van der Waals surface area contributed by atoms with E-state index in [4.69, 9.17) is 4.74 Å². The summed E-state index contributed by atoms with van der Waals surface area (Å²) in [6, 6.07) is 0. The van der Waals surface area contributed by atoms with Gasteiger partial charge < -0.3 is 14.9 Å². The summed E-state index contributed by atoms with van der Waals surface area (Å²) in [7, 11) is 0. The molecular weight excluding hydrogens is 544 g/mol. The first-order valence-corrected chi connectivity index (χ1v) is 16.1. The van der Waals surface area contributed by atoms with E-state index in [1.54, 1.807) is 6.08 Å². The summed E-state index contributed by atoms with van der Waals surface area (Å²) in [6.45, 7) is 20.6. The summed E-state index contributed by atoms with van der Waals surface area (Å²) in [6.07, 6.45) is 30.7. The molecule has 5 atom stereocenters. The van der Waals surface area contributed by atoms with E-state index in [1.165, 1.54) is 0 Å². The Morgan fingerprint density at radius 1 is 0.636 bits per heavy atom. The molecule has 0 unspecified atom stereocenters. The number of rotatable bonds is 11. The number of fused-ring (bicyclic) bond motifs is 2. The number of carbonyl (C=O) groups excluding carboxylic acids is 1. The third-order valence-corrected chi connectivity index (χ3v) is 10.3. The third kappa shape index (κ3) is 7.88. The standard InChI is InChI=1S/C40H56O4/c1-29(17-13-19-31(3)21-22-35(42)38(9)26-33(41)25-36(38,5)6)15-11-12-16-30(2)18-14-20-32(4)23-24-40-37(7,8)27-34(44-40)28-39(40,10)43/h11-24,33-34,41,43H,25-28H2,1-10H3/b12-11+,17-13+,18-14+,22-21+,24-23+,29-15+,30-16+,31-19+,32-20+/t33-,34-,38-,39+,40-/m0/s1. The summed E-state index contributed by atoms with van der Waals surface area (Å²) < 4.78 is 6.30. The number of aliphatic hydroxyl groups is 2. The van der Waals surface area contributed by atoms with E-state index in [0.29, 0.717) is 19.3 Å². The molecule has 0 aromatic rings. The van der Waals surface area contributed by atoms with Gasteiger partial charge in [0.1, 0.15) is 5.60 Å². The molecule has 0 aromatic heterocycles. The Balaban J connectivity index is 1.50. The fraction of sp³-hybridized carbons (Fsp3) is 0.525. The van der Waals surface area contributed by atoms with Crippen molar-refractivity contribution in [2.45, 2.75) is 118 Å². The molecule has 2 aliphatic heterocycles. The van der Waals surface area contributed by atoms with E-state index in [-0.39, 0.29) is 22.7 Å². The Morgan fingerprint density at radius 3 is 1.61 bits per heavy atom. The second kappa shape index (κ2) is 13.7. The number of allylic oxidation sites excluding steroid dienone is 17. The van der Waals surface area contributed by atoms with Crippen molar-refractivity contribution < 1.29 is 19.7 Å². The minimum Gasteiger partial charge on any atom is -0.393 e. The van der Waals surface area contributed by atoms with Gasteiger partial charge in [-0.15, -0.1) is 0 Å². The van der Waals surface area contributed by atoms with Crippen LogP contribution >= 0.6 is 0 Å². The maximum atomic E-state index is 12.9. The van der Waals surface area contributed by atoms with Crippen molar-refractivity contribution in [1.82, 2.24) is 0 Å². The van der Waals surface area contributed by atoms with Gasteiger partial charge in [0.05, 0.1) is 17.8 Å². The molecule has 1 aliphatic carbocycles. The third-order valence-electron chi connectivity index (χ3n) is 10.3. The van der Waals surface area contributed by atoms with Crippen LogP contribution in [-0.2, 0) is 9.53 Å². The number of carbonyl (C=O) groups is 1. The lowest BCUT2D eigenvalue weighted by Gasteiger charge is -2.46. The van der Waals surface area contributed by atoms with Gasteiger partial charge in [0.15, 0.2) is 5.78 Å². The molecule has 0 radical (unpaired) electrons. The number of ether oxygens (including phenoxy) is 1. The smallest absolute Gasteiger partial charge is 0.162 e. The van der Waals surface area contributed by atoms with Gasteiger partial charge in [-0.25, -0.2) is 0 Å². The number of ketones is 1. The van der Waals surface area contributed by atoms with Gasteiger partial charge in [-0.1, -0.05) is 130 Å². The number of hydrogen-bond acceptors (Lipinski definition) is 4. The molecule has 3 aliphatic rings. The Kier molecular flexibility index (Phi) is 11.1. The van der Waals surface area contributed by atoms with Crippen LogP contribution in [-0.4, -0.2) is 39.4 Å². The molecule has 4 heteroatoms. The lowest BCUT2D eigenvalue weighted by atomic mass is 9.61. The minimum absolute atomic E-state index is 0.0818. The molecule has 240 valence electrons. The predicted molar refractivity (Wildman–Crippen MR) is 184 cm³/mol. The Hall–Kier alpha value is -2.79. The molecule has 1 saturated carbocycles. The molecular formula is C40H56O4. The molecule has 2 heterocycles. The van der Waals surface area contributed by atoms with Gasteiger partial charge in [-0.3, -0.25) is 4.79 Å². The molecule has 0 aromatic carbocycles. The summed E-state index contributed by atoms with van der Waals surface area (Å²) in [5, 5.41) is 21.2. The fourth-order valence-corrected chi connectivity index (χ4v) is 7.24. The molecule has 2 bridgehead atoms. The quantitative estimate of drug-likeness (QED) is 0.183. The molecule has 0 spiro atoms. The Morgan fingerprint density at radius 2 is 1.14 bits per heavy atom. The van der Waals surface area contributed by atoms with Crippen molar-refractivity contribution >= 4 is 5.78 Å². The van der Waals surface area contributed by atoms with Gasteiger partial charge in [-0.05, 0) is 71.4 Å². The van der Waals surface area contributed by atoms with E-state index < -0.39 is 22.7 Å². The first kappa shape index (κ1) is 35.7. The zero-order valence-corrected chi connectivity index (χ0v) is 28.8. The maximum absolute atomic E-state index is 12.9. The molecule has 3 fully saturated rings. The van der Waals surface area contributed by atoms with Crippen LogP contribution < -0.4 is 0 Å². The van der Waals surface area contributed by atoms with Crippen LogP contribution in [0, 0.1) is 16.2 Å². The van der Waals surface area contributed by atoms with Gasteiger partial charge in [0, 0.05) is 17.3 Å². The topological polar surface area (TPSA) is 66.8 Å². The summed E-state index contributed by atoms with van der Waals surface area (Å²) in [4.78, 5) is 12.9. The number of aliphatic hydroxyl groups excluding tert-OH is 1. The molecule has 4 nitrogen and oxygen atoms in total. The highest BCUT2D eigenvalue weighted by Gasteiger charge is 2.67. The minimum atomic E-state index is -0.855. The maximum Gasteiger partial charge on any atom is 0.162 e. The van der Waals surface area contributed by atoms with Crippen molar-refractivity contribution in [3.8, 4) is 0 Å². The fourth-order valence-electron chi connectivity index (χ4n) is 7.24. The lowest BCUT2D eigenvalue weighted by Crippen LogP contribution is -2.56. The molecule has 3 rings (SSSR count). The largest absolute Gasteiger partial charge is 0.393 e. The summed E-state index contributed by atoms with van der Waals surface area (Å²) >= 11 is 0. The highest BCUT2D eigenvalue weighted by Crippen LogP contribution is 2.60. The van der Waals surface area contributed by atoms with E-state index in [9.17, 15) is 15.0 Å². The Bertz CT molecular complexity index is 1330. The molecule has 2 N–H and O–H groups in total. The highest BCUT2D eigenvalue weighted by atomic mass is 16.5. The first-order chi connectivity index (χ1) is 20.3. The van der Waals surface area contributed by atoms with E-state index in [1.807, 2.05) is 63.3 Å². The van der Waals surface area contributed by atoms with Crippen LogP contribution in [0.15, 0.2) is 107 Å². The highest BCUT2D eigenvalue weighted by molar-refractivity contribution is 5.95. The van der Waals surface area contributed by atoms with Crippen LogP contribution in [0.25, 0.3) is 0 Å². The van der Waals surface area contributed by atoms with E-state index in [0.717, 1.165) is 28.7 Å². The average molecular weight is 601 g/mol. The predicted octanol–water partition coefficient (Wildman–Crippen LogP) is 9.02. The summed E-state index contributed by atoms with van der Waals surface area (Å²) in [5.41, 5.74) is 2.00. The van der Waals surface area contributed by atoms with Crippen molar-refractivity contribution in [3.63, 3.8) is 0 Å². The van der Waals surface area contributed by atoms with Crippen molar-refractivity contribution in [2.75, 3.05) is 0 Å². The second-order valence-corrected chi connectivity index (χ2v) is 15.1. The average Bonchev–Trinajstić information content (AvgIpc) is 3.41. The first-order valence-electron chi connectivity index (χ1n) is 16.1. The lowest BCUT2D eigenvalue weighted by molar-refractivity contribution is -0.127. The van der Waals surface area contributed by atoms with Crippen LogP contribution in [0.5, 0.6) is 0 Å². The SMILES string of the molecule is CC(/C=C/C=C(C)/C=C/C(=O)[C@]1(C)C[C@@H](O)CC1(C)C)=C\C=C\C=C(C)\C=C\C=C(C)\C=C\[C@]12O[C@@H](CC1(C)C)C[C@@]2(C)O. The van der Waals surface area contributed by atoms with Crippen molar-refractivity contribution in [1.29, 1.82) is 0 Å². The second-order valence-electron chi connectivity index (χ2n) is 15.1. The molecule has 0 amide bonds. The number of hydrogen-bond donors (Lipinski definition) is 2. The van der Waals surface area contributed by atoms with Crippen molar-refractivity contribution in [2.24, 2.45) is 16.2 Å². The van der Waals surface area contributed by atoms with Gasteiger partial charge in [-0.2, -0.15) is 0 Å². The van der Waals surface area contributed by atoms with Crippen LogP contribution in [0.2, 0.25) is 0 Å².